The summed E-state index contributed by atoms with van der Waals surface area (Å²) < 4.78 is 29.3. The van der Waals surface area contributed by atoms with Crippen molar-refractivity contribution in [2.24, 2.45) is 0 Å². The third kappa shape index (κ3) is 2.85. The molecule has 0 saturated heterocycles. The molecule has 2 aromatic rings. The molecule has 1 heterocycles. The molecule has 0 aliphatic carbocycles. The molecule has 5 nitrogen and oxygen atoms in total. The van der Waals surface area contributed by atoms with Crippen LogP contribution in [0.5, 0.6) is 0 Å². The van der Waals surface area contributed by atoms with Crippen LogP contribution in [0, 0.1) is 6.92 Å². The Balaban J connectivity index is 2.37. The highest BCUT2D eigenvalue weighted by atomic mass is 32.2. The van der Waals surface area contributed by atoms with Gasteiger partial charge in [0, 0.05) is 0 Å². The number of carboxylic acids is 1. The van der Waals surface area contributed by atoms with Crippen LogP contribution in [-0.2, 0) is 15.6 Å². The Morgan fingerprint density at radius 3 is 2.68 bits per heavy atom. The third-order valence-corrected chi connectivity index (χ3v) is 4.26. The van der Waals surface area contributed by atoms with Crippen molar-refractivity contribution in [3.8, 4) is 0 Å². The van der Waals surface area contributed by atoms with Gasteiger partial charge in [0.2, 0.25) is 0 Å². The van der Waals surface area contributed by atoms with Crippen LogP contribution in [0.1, 0.15) is 21.7 Å². The van der Waals surface area contributed by atoms with E-state index in [0.29, 0.717) is 0 Å². The lowest BCUT2D eigenvalue weighted by molar-refractivity contribution is 0.0695. The summed E-state index contributed by atoms with van der Waals surface area (Å²) in [6.07, 6.45) is 1.17. The first-order valence-corrected chi connectivity index (χ1v) is 7.14. The number of benzene rings is 1. The smallest absolute Gasteiger partial charge is 0.339 e. The number of carboxylic acid groups (broad SMARTS) is 1. The number of hydrogen-bond acceptors (Lipinski definition) is 4. The average Bonchev–Trinajstić information content (AvgIpc) is 2.76. The standard InChI is InChI=1S/C13H12O5S/c1-9-3-2-4-10(7-9)19(16,17)8-12-11(13(14)15)5-6-18-12/h2-7H,8H2,1H3,(H,14,15). The van der Waals surface area contributed by atoms with Crippen LogP contribution in [0.3, 0.4) is 0 Å². The lowest BCUT2D eigenvalue weighted by Gasteiger charge is -2.04. The molecule has 100 valence electrons. The molecular weight excluding hydrogens is 268 g/mol. The molecule has 0 fully saturated rings. The molecule has 0 bridgehead atoms. The maximum atomic E-state index is 12.2. The topological polar surface area (TPSA) is 84.6 Å². The van der Waals surface area contributed by atoms with Gasteiger partial charge in [0.05, 0.1) is 11.2 Å². The fraction of sp³-hybridized carbons (Fsp3) is 0.154. The zero-order valence-electron chi connectivity index (χ0n) is 10.2. The number of sulfone groups is 1. The zero-order valence-corrected chi connectivity index (χ0v) is 11.0. The molecular formula is C13H12O5S. The third-order valence-electron chi connectivity index (χ3n) is 2.65. The molecule has 0 spiro atoms. The lowest BCUT2D eigenvalue weighted by Crippen LogP contribution is -2.08. The molecule has 0 aliphatic heterocycles. The predicted molar refractivity (Wildman–Crippen MR) is 67.7 cm³/mol. The van der Waals surface area contributed by atoms with Gasteiger partial charge in [-0.2, -0.15) is 0 Å². The second kappa shape index (κ2) is 4.89. The largest absolute Gasteiger partial charge is 0.478 e. The van der Waals surface area contributed by atoms with Gasteiger partial charge in [-0.05, 0) is 30.7 Å². The van der Waals surface area contributed by atoms with E-state index >= 15 is 0 Å². The van der Waals surface area contributed by atoms with Crippen molar-refractivity contribution < 1.29 is 22.7 Å². The van der Waals surface area contributed by atoms with Crippen LogP contribution in [-0.4, -0.2) is 19.5 Å². The van der Waals surface area contributed by atoms with E-state index in [1.165, 1.54) is 18.4 Å². The number of furan rings is 1. The first-order chi connectivity index (χ1) is 8.90. The molecule has 0 amide bonds. The van der Waals surface area contributed by atoms with Crippen molar-refractivity contribution >= 4 is 15.8 Å². The molecule has 1 N–H and O–H groups in total. The monoisotopic (exact) mass is 280 g/mol. The maximum Gasteiger partial charge on any atom is 0.339 e. The van der Waals surface area contributed by atoms with Crippen LogP contribution in [0.2, 0.25) is 0 Å². The Labute approximate surface area is 110 Å². The zero-order chi connectivity index (χ0) is 14.0. The van der Waals surface area contributed by atoms with E-state index in [2.05, 4.69) is 0 Å². The number of aryl methyl sites for hydroxylation is 1. The maximum absolute atomic E-state index is 12.2. The first-order valence-electron chi connectivity index (χ1n) is 5.49. The van der Waals surface area contributed by atoms with Crippen LogP contribution in [0.4, 0.5) is 0 Å². The molecule has 0 aliphatic rings. The highest BCUT2D eigenvalue weighted by molar-refractivity contribution is 7.90. The van der Waals surface area contributed by atoms with E-state index in [9.17, 15) is 13.2 Å². The van der Waals surface area contributed by atoms with Crippen molar-refractivity contribution in [3.05, 3.63) is 53.5 Å². The normalized spacial score (nSPS) is 11.4. The van der Waals surface area contributed by atoms with Gasteiger partial charge in [0.15, 0.2) is 9.84 Å². The summed E-state index contributed by atoms with van der Waals surface area (Å²) in [7, 11) is -3.62. The second-order valence-corrected chi connectivity index (χ2v) is 6.13. The van der Waals surface area contributed by atoms with Gasteiger partial charge < -0.3 is 9.52 Å². The summed E-state index contributed by atoms with van der Waals surface area (Å²) >= 11 is 0. The van der Waals surface area contributed by atoms with Crippen LogP contribution in [0.15, 0.2) is 45.9 Å². The van der Waals surface area contributed by atoms with Crippen LogP contribution < -0.4 is 0 Å². The van der Waals surface area contributed by atoms with Gasteiger partial charge >= 0.3 is 5.97 Å². The average molecular weight is 280 g/mol. The Morgan fingerprint density at radius 2 is 2.05 bits per heavy atom. The summed E-state index contributed by atoms with van der Waals surface area (Å²) in [6.45, 7) is 1.79. The van der Waals surface area contributed by atoms with Crippen LogP contribution in [0.25, 0.3) is 0 Å². The van der Waals surface area contributed by atoms with Crippen molar-refractivity contribution in [1.29, 1.82) is 0 Å². The minimum atomic E-state index is -3.62. The highest BCUT2D eigenvalue weighted by Crippen LogP contribution is 2.20. The van der Waals surface area contributed by atoms with Crippen molar-refractivity contribution in [2.75, 3.05) is 0 Å². The second-order valence-electron chi connectivity index (χ2n) is 4.14. The van der Waals surface area contributed by atoms with Crippen molar-refractivity contribution in [2.45, 2.75) is 17.6 Å². The summed E-state index contributed by atoms with van der Waals surface area (Å²) in [5, 5.41) is 8.91. The minimum Gasteiger partial charge on any atom is -0.478 e. The van der Waals surface area contributed by atoms with Gasteiger partial charge in [-0.25, -0.2) is 13.2 Å². The molecule has 19 heavy (non-hydrogen) atoms. The summed E-state index contributed by atoms with van der Waals surface area (Å²) in [5.41, 5.74) is 0.690. The number of carbonyl (C=O) groups is 1. The van der Waals surface area contributed by atoms with Gasteiger partial charge in [0.1, 0.15) is 17.1 Å². The predicted octanol–water partition coefficient (Wildman–Crippen LogP) is 2.26. The molecule has 2 rings (SSSR count). The van der Waals surface area contributed by atoms with Crippen molar-refractivity contribution in [3.63, 3.8) is 0 Å². The summed E-state index contributed by atoms with van der Waals surface area (Å²) in [5.74, 6) is -1.73. The van der Waals surface area contributed by atoms with Crippen LogP contribution >= 0.6 is 0 Å². The first kappa shape index (κ1) is 13.4. The number of rotatable bonds is 4. The highest BCUT2D eigenvalue weighted by Gasteiger charge is 2.22. The molecule has 1 aromatic carbocycles. The fourth-order valence-corrected chi connectivity index (χ4v) is 3.09. The van der Waals surface area contributed by atoms with E-state index in [4.69, 9.17) is 9.52 Å². The minimum absolute atomic E-state index is 0.0611. The summed E-state index contributed by atoms with van der Waals surface area (Å²) in [4.78, 5) is 11.1. The molecule has 6 heteroatoms. The van der Waals surface area contributed by atoms with Gasteiger partial charge in [-0.3, -0.25) is 0 Å². The fourth-order valence-electron chi connectivity index (χ4n) is 1.71. The van der Waals surface area contributed by atoms with E-state index in [0.717, 1.165) is 5.56 Å². The Bertz CT molecular complexity index is 712. The van der Waals surface area contributed by atoms with E-state index in [-0.39, 0.29) is 16.2 Å². The molecule has 0 unspecified atom stereocenters. The SMILES string of the molecule is Cc1cccc(S(=O)(=O)Cc2occc2C(=O)O)c1. The lowest BCUT2D eigenvalue weighted by atomic mass is 10.2. The summed E-state index contributed by atoms with van der Waals surface area (Å²) in [6, 6.07) is 7.69. The molecule has 1 aromatic heterocycles. The quantitative estimate of drug-likeness (QED) is 0.928. The Kier molecular flexibility index (Phi) is 3.44. The van der Waals surface area contributed by atoms with Gasteiger partial charge in [-0.1, -0.05) is 12.1 Å². The Morgan fingerprint density at radius 1 is 1.32 bits per heavy atom. The number of aromatic carboxylic acids is 1. The van der Waals surface area contributed by atoms with E-state index in [1.54, 1.807) is 25.1 Å². The molecule has 0 atom stereocenters. The molecule has 0 saturated carbocycles. The van der Waals surface area contributed by atoms with Crippen molar-refractivity contribution in [1.82, 2.24) is 0 Å². The Hall–Kier alpha value is -2.08. The van der Waals surface area contributed by atoms with Gasteiger partial charge in [0.25, 0.3) is 0 Å². The van der Waals surface area contributed by atoms with Gasteiger partial charge in [-0.15, -0.1) is 0 Å². The molecule has 0 radical (unpaired) electrons. The number of hydrogen-bond donors (Lipinski definition) is 1. The van der Waals surface area contributed by atoms with E-state index < -0.39 is 21.6 Å². The van der Waals surface area contributed by atoms with E-state index in [1.807, 2.05) is 0 Å².